The second-order valence-corrected chi connectivity index (χ2v) is 13.1. The Bertz CT molecular complexity index is 949. The van der Waals surface area contributed by atoms with Crippen molar-refractivity contribution >= 4 is 0 Å². The summed E-state index contributed by atoms with van der Waals surface area (Å²) in [4.78, 5) is 2.59. The summed E-state index contributed by atoms with van der Waals surface area (Å²) in [5.74, 6) is 2.77. The molecule has 1 saturated heterocycles. The average Bonchev–Trinajstić information content (AvgIpc) is 3.14. The summed E-state index contributed by atoms with van der Waals surface area (Å²) in [6.07, 6.45) is 8.23. The molecule has 1 aromatic carbocycles. The van der Waals surface area contributed by atoms with Gasteiger partial charge in [-0.25, -0.2) is 0 Å². The first-order chi connectivity index (χ1) is 16.1. The van der Waals surface area contributed by atoms with Gasteiger partial charge in [0.25, 0.3) is 0 Å². The number of fused-ring (bicyclic) bond motifs is 5. The lowest BCUT2D eigenvalue weighted by Gasteiger charge is -2.48. The van der Waals surface area contributed by atoms with Gasteiger partial charge < -0.3 is 10.2 Å². The summed E-state index contributed by atoms with van der Waals surface area (Å²) in [6, 6.07) is 5.05. The summed E-state index contributed by atoms with van der Waals surface area (Å²) >= 11 is 0. The van der Waals surface area contributed by atoms with Gasteiger partial charge in [0.15, 0.2) is 0 Å². The van der Waals surface area contributed by atoms with Crippen molar-refractivity contribution in [3.8, 4) is 0 Å². The lowest BCUT2D eigenvalue weighted by molar-refractivity contribution is -0.0258. The van der Waals surface area contributed by atoms with Crippen molar-refractivity contribution in [3.05, 3.63) is 46.0 Å². The van der Waals surface area contributed by atoms with Crippen LogP contribution < -0.4 is 0 Å². The topological polar surface area (TPSA) is 43.7 Å². The number of hydrogen-bond donors (Lipinski definition) is 2. The van der Waals surface area contributed by atoms with E-state index in [1.54, 1.807) is 11.1 Å². The van der Waals surface area contributed by atoms with Crippen molar-refractivity contribution in [3.63, 3.8) is 0 Å². The Labute approximate surface area is 207 Å². The van der Waals surface area contributed by atoms with Crippen LogP contribution in [0.5, 0.6) is 0 Å². The molecular weight excluding hydrogens is 418 g/mol. The number of likely N-dealkylation sites (tertiary alicyclic amines) is 1. The summed E-state index contributed by atoms with van der Waals surface area (Å²) in [5, 5.41) is 21.5. The minimum absolute atomic E-state index is 0.146. The lowest BCUT2D eigenvalue weighted by atomic mass is 9.57. The van der Waals surface area contributed by atoms with E-state index in [1.807, 2.05) is 0 Å². The van der Waals surface area contributed by atoms with E-state index in [1.165, 1.54) is 23.1 Å². The van der Waals surface area contributed by atoms with Gasteiger partial charge in [0.2, 0.25) is 0 Å². The number of rotatable bonds is 4. The summed E-state index contributed by atoms with van der Waals surface area (Å²) in [7, 11) is 0. The van der Waals surface area contributed by atoms with Crippen LogP contribution >= 0.6 is 0 Å². The van der Waals surface area contributed by atoms with Crippen molar-refractivity contribution < 1.29 is 10.2 Å². The van der Waals surface area contributed by atoms with Crippen LogP contribution in [0.25, 0.3) is 0 Å². The van der Waals surface area contributed by atoms with Crippen LogP contribution in [0.4, 0.5) is 0 Å². The van der Waals surface area contributed by atoms with E-state index in [4.69, 9.17) is 0 Å². The van der Waals surface area contributed by atoms with Crippen LogP contribution in [0.15, 0.2) is 23.8 Å². The molecular formula is C31H47NO2. The first-order valence-electron chi connectivity index (χ1n) is 14.0. The van der Waals surface area contributed by atoms with E-state index in [2.05, 4.69) is 64.7 Å². The fourth-order valence-corrected chi connectivity index (χ4v) is 8.56. The van der Waals surface area contributed by atoms with E-state index < -0.39 is 0 Å². The Morgan fingerprint density at radius 1 is 1.15 bits per heavy atom. The zero-order chi connectivity index (χ0) is 24.4. The molecule has 3 heteroatoms. The van der Waals surface area contributed by atoms with Gasteiger partial charge in [-0.05, 0) is 103 Å². The Balaban J connectivity index is 1.44. The lowest BCUT2D eigenvalue weighted by Crippen LogP contribution is -2.54. The van der Waals surface area contributed by atoms with E-state index in [-0.39, 0.29) is 23.7 Å². The number of hydrogen-bond acceptors (Lipinski definition) is 3. The molecule has 8 atom stereocenters. The molecule has 3 nitrogen and oxygen atoms in total. The van der Waals surface area contributed by atoms with Crippen molar-refractivity contribution in [2.24, 2.45) is 23.2 Å². The van der Waals surface area contributed by atoms with E-state index in [0.29, 0.717) is 29.6 Å². The number of aliphatic hydroxyl groups is 2. The van der Waals surface area contributed by atoms with Gasteiger partial charge in [-0.3, -0.25) is 4.90 Å². The molecule has 0 unspecified atom stereocenters. The van der Waals surface area contributed by atoms with Crippen molar-refractivity contribution in [1.29, 1.82) is 0 Å². The Morgan fingerprint density at radius 2 is 1.91 bits per heavy atom. The number of nitrogens with zero attached hydrogens (tertiary/aromatic N) is 1. The Kier molecular flexibility index (Phi) is 6.53. The van der Waals surface area contributed by atoms with Crippen LogP contribution in [-0.2, 0) is 6.42 Å². The molecule has 1 aliphatic heterocycles. The predicted octanol–water partition coefficient (Wildman–Crippen LogP) is 5.96. The molecule has 5 rings (SSSR count). The second-order valence-electron chi connectivity index (χ2n) is 13.1. The predicted molar refractivity (Wildman–Crippen MR) is 140 cm³/mol. The van der Waals surface area contributed by atoms with Gasteiger partial charge in [-0.15, -0.1) is 0 Å². The number of piperidine rings is 1. The fourth-order valence-electron chi connectivity index (χ4n) is 8.56. The molecule has 4 aliphatic rings. The SMILES string of the molecule is Cc1c([C@H](C)[C@H]2[C@H](O)C[C@H](C)CN2CC(C)C)ccc2c1C[C@H]1[C@H]2CC=C2C[C@@H](O)CC[C@@]21C. The van der Waals surface area contributed by atoms with Gasteiger partial charge in [0, 0.05) is 19.1 Å². The fraction of sp³-hybridized carbons (Fsp3) is 0.742. The van der Waals surface area contributed by atoms with E-state index >= 15 is 0 Å². The third kappa shape index (κ3) is 4.00. The molecule has 0 spiro atoms. The quantitative estimate of drug-likeness (QED) is 0.539. The highest BCUT2D eigenvalue weighted by Gasteiger charge is 2.50. The van der Waals surface area contributed by atoms with Crippen molar-refractivity contribution in [2.45, 2.75) is 110 Å². The first kappa shape index (κ1) is 24.5. The van der Waals surface area contributed by atoms with Gasteiger partial charge in [0.05, 0.1) is 12.2 Å². The molecule has 3 aliphatic carbocycles. The largest absolute Gasteiger partial charge is 0.393 e. The average molecular weight is 466 g/mol. The zero-order valence-electron chi connectivity index (χ0n) is 22.3. The molecule has 1 heterocycles. The smallest absolute Gasteiger partial charge is 0.0704 e. The van der Waals surface area contributed by atoms with Gasteiger partial charge >= 0.3 is 0 Å². The van der Waals surface area contributed by atoms with Crippen molar-refractivity contribution in [1.82, 2.24) is 4.90 Å². The highest BCUT2D eigenvalue weighted by Crippen LogP contribution is 2.60. The Hall–Kier alpha value is -1.16. The molecule has 0 radical (unpaired) electrons. The van der Waals surface area contributed by atoms with Crippen LogP contribution in [0, 0.1) is 30.1 Å². The van der Waals surface area contributed by atoms with Crippen LogP contribution in [0.2, 0.25) is 0 Å². The first-order valence-corrected chi connectivity index (χ1v) is 14.0. The Morgan fingerprint density at radius 3 is 2.65 bits per heavy atom. The molecule has 2 N–H and O–H groups in total. The van der Waals surface area contributed by atoms with Gasteiger partial charge in [-0.2, -0.15) is 0 Å². The molecule has 188 valence electrons. The van der Waals surface area contributed by atoms with E-state index in [9.17, 15) is 10.2 Å². The maximum Gasteiger partial charge on any atom is 0.0704 e. The molecule has 1 saturated carbocycles. The van der Waals surface area contributed by atoms with Crippen LogP contribution in [-0.4, -0.2) is 46.5 Å². The minimum Gasteiger partial charge on any atom is -0.393 e. The molecule has 2 fully saturated rings. The summed E-state index contributed by atoms with van der Waals surface area (Å²) in [5.41, 5.74) is 7.87. The third-order valence-corrected chi connectivity index (χ3v) is 10.2. The maximum atomic E-state index is 11.2. The third-order valence-electron chi connectivity index (χ3n) is 10.2. The zero-order valence-corrected chi connectivity index (χ0v) is 22.3. The van der Waals surface area contributed by atoms with Gasteiger partial charge in [0.1, 0.15) is 0 Å². The molecule has 1 aromatic rings. The standard InChI is InChI=1S/C31H47NO2/c1-18(2)16-32-17-19(3)13-29(34)30(32)21(5)24-9-10-25-26-8-7-22-14-23(33)11-12-31(22,6)28(26)15-27(25)20(24)4/h7,9-10,18-19,21,23,26,28-30,33-34H,8,11-17H2,1-6H3/t19-,21-,23-,26-,28-,29+,30-,31-/m0/s1. The molecule has 0 amide bonds. The summed E-state index contributed by atoms with van der Waals surface area (Å²) in [6.45, 7) is 16.2. The van der Waals surface area contributed by atoms with Crippen molar-refractivity contribution in [2.75, 3.05) is 13.1 Å². The maximum absolute atomic E-state index is 11.2. The molecule has 0 bridgehead atoms. The number of benzene rings is 1. The van der Waals surface area contributed by atoms with Crippen LogP contribution in [0.3, 0.4) is 0 Å². The molecule has 34 heavy (non-hydrogen) atoms. The normalized spacial score (nSPS) is 38.8. The number of aliphatic hydroxyl groups excluding tert-OH is 2. The second kappa shape index (κ2) is 9.05. The highest BCUT2D eigenvalue weighted by molar-refractivity contribution is 5.50. The summed E-state index contributed by atoms with van der Waals surface area (Å²) < 4.78 is 0. The van der Waals surface area contributed by atoms with E-state index in [0.717, 1.165) is 45.2 Å². The monoisotopic (exact) mass is 465 g/mol. The van der Waals surface area contributed by atoms with Gasteiger partial charge in [-0.1, -0.05) is 58.4 Å². The van der Waals surface area contributed by atoms with Crippen LogP contribution in [0.1, 0.15) is 101 Å². The minimum atomic E-state index is -0.257. The number of allylic oxidation sites excluding steroid dienone is 1. The molecule has 0 aromatic heterocycles. The highest BCUT2D eigenvalue weighted by atomic mass is 16.3.